The van der Waals surface area contributed by atoms with Crippen molar-refractivity contribution in [2.24, 2.45) is 0 Å². The number of pyridine rings is 2. The van der Waals surface area contributed by atoms with Crippen molar-refractivity contribution in [1.29, 1.82) is 0 Å². The Labute approximate surface area is 518 Å². The van der Waals surface area contributed by atoms with Gasteiger partial charge in [-0.25, -0.2) is 9.97 Å². The standard InChI is InChI=1S/C27H27ClN4O3.C20H22BrClN2O3.C12H8N2.C7H6N2.CH4/c1-17(2)35-25-13-10-19(15-21(25)28)26(33)31-23(27(34)29-3)14-18-8-11-20(12-9-18)32-16-30-22-6-4-5-7-24(22)32;1-12(2)27-18-9-6-14(11-16(18)22)19(25)24-17(20(26)23-3)10-13-4-7-15(21)8-5-13;1-3-9-5-6-10-4-2-8-14-12(10)11(9)13-7-1;1-2-4-7-6(3-1)8-5-9-7;/h4-13,15-17,23H,14H2,1-3H3,(H,29,34)(H,31,33);4-9,11-12,17H,10H2,1-3H3,(H,23,26)(H,24,25);1-8H;1-5H,(H,8,9);1H4. The number of likely N-dealkylation sites (N-methyl/N-ethyl adjacent to an activating group) is 2. The van der Waals surface area contributed by atoms with E-state index in [1.807, 2.05) is 141 Å². The van der Waals surface area contributed by atoms with Gasteiger partial charge in [-0.05, 0) is 136 Å². The number of benzene rings is 7. The van der Waals surface area contributed by atoms with Gasteiger partial charge in [0, 0.05) is 71.4 Å². The monoisotopic (exact) mass is 1260 g/mol. The van der Waals surface area contributed by atoms with Gasteiger partial charge in [-0.1, -0.05) is 119 Å². The summed E-state index contributed by atoms with van der Waals surface area (Å²) in [6.07, 6.45) is 7.74. The van der Waals surface area contributed by atoms with Crippen LogP contribution in [0.5, 0.6) is 11.5 Å². The molecule has 0 bridgehead atoms. The molecule has 0 saturated carbocycles. The maximum atomic E-state index is 12.9. The number of carbonyl (C=O) groups is 4. The number of halogens is 3. The van der Waals surface area contributed by atoms with Gasteiger partial charge < -0.3 is 35.7 Å². The number of hydrogen-bond donors (Lipinski definition) is 5. The summed E-state index contributed by atoms with van der Waals surface area (Å²) in [5.41, 5.74) is 9.52. The van der Waals surface area contributed by atoms with E-state index >= 15 is 0 Å². The van der Waals surface area contributed by atoms with Gasteiger partial charge >= 0.3 is 0 Å². The molecule has 0 radical (unpaired) electrons. The van der Waals surface area contributed by atoms with Crippen LogP contribution in [0.4, 0.5) is 0 Å². The van der Waals surface area contributed by atoms with Crippen molar-refractivity contribution in [3.63, 3.8) is 0 Å². The van der Waals surface area contributed by atoms with E-state index < -0.39 is 18.0 Å². The van der Waals surface area contributed by atoms with E-state index in [9.17, 15) is 19.2 Å². The summed E-state index contributed by atoms with van der Waals surface area (Å²) in [6, 6.07) is 51.6. The zero-order valence-corrected chi connectivity index (χ0v) is 50.6. The first kappa shape index (κ1) is 64.4. The highest BCUT2D eigenvalue weighted by atomic mass is 79.9. The Hall–Kier alpha value is -9.16. The molecule has 4 aromatic heterocycles. The first-order chi connectivity index (χ1) is 41.1. The normalized spacial score (nSPS) is 11.4. The Morgan fingerprint density at radius 2 is 1.03 bits per heavy atom. The SMILES string of the molecule is C.CNC(=O)C(Cc1ccc(-n2cnc3ccccc32)cc1)NC(=O)c1ccc(OC(C)C)c(Cl)c1.CNC(=O)C(Cc1ccc(Br)cc1)NC(=O)c1ccc(OC(C)C)c(Cl)c1.c1ccc2[nH]cnc2c1.c1cnc2c(c1)ccc1cccnc12. The van der Waals surface area contributed by atoms with Crippen LogP contribution >= 0.6 is 39.1 Å². The number of ether oxygens (including phenoxy) is 2. The number of amides is 4. The highest BCUT2D eigenvalue weighted by Gasteiger charge is 2.24. The smallest absolute Gasteiger partial charge is 0.251 e. The minimum Gasteiger partial charge on any atom is -0.489 e. The van der Waals surface area contributed by atoms with Crippen molar-refractivity contribution in [3.05, 3.63) is 232 Å². The number of imidazole rings is 2. The summed E-state index contributed by atoms with van der Waals surface area (Å²) < 4.78 is 14.2. The van der Waals surface area contributed by atoms with E-state index in [0.717, 1.165) is 65.2 Å². The Morgan fingerprint density at radius 1 is 0.558 bits per heavy atom. The molecular weight excluding hydrogens is 1190 g/mol. The average molecular weight is 1260 g/mol. The fourth-order valence-corrected chi connectivity index (χ4v) is 9.56. The largest absolute Gasteiger partial charge is 0.489 e. The number of carbonyl (C=O) groups excluding carboxylic acids is 4. The van der Waals surface area contributed by atoms with E-state index in [-0.39, 0.29) is 37.4 Å². The molecule has 11 rings (SSSR count). The second kappa shape index (κ2) is 31.1. The molecule has 0 spiro atoms. The van der Waals surface area contributed by atoms with Gasteiger partial charge in [0.05, 0.1) is 61.7 Å². The zero-order valence-electron chi connectivity index (χ0n) is 47.5. The van der Waals surface area contributed by atoms with E-state index in [4.69, 9.17) is 32.7 Å². The number of rotatable bonds is 15. The number of aromatic nitrogens is 6. The molecule has 0 aliphatic carbocycles. The van der Waals surface area contributed by atoms with Gasteiger partial charge in [-0.15, -0.1) is 0 Å². The van der Waals surface area contributed by atoms with Crippen LogP contribution in [0.15, 0.2) is 199 Å². The maximum absolute atomic E-state index is 12.9. The minimum absolute atomic E-state index is 0. The van der Waals surface area contributed by atoms with Gasteiger partial charge in [-0.2, -0.15) is 0 Å². The molecule has 0 aliphatic heterocycles. The van der Waals surface area contributed by atoms with Crippen molar-refractivity contribution < 1.29 is 28.7 Å². The summed E-state index contributed by atoms with van der Waals surface area (Å²) >= 11 is 15.9. The molecule has 16 nitrogen and oxygen atoms in total. The molecule has 2 atom stereocenters. The molecule has 4 heterocycles. The summed E-state index contributed by atoms with van der Waals surface area (Å²) in [7, 11) is 3.08. The van der Waals surface area contributed by atoms with Gasteiger partial charge in [-0.3, -0.25) is 33.7 Å². The minimum atomic E-state index is -0.752. The van der Waals surface area contributed by atoms with Gasteiger partial charge in [0.1, 0.15) is 29.9 Å². The molecular formula is C67H67BrCl2N10O6. The molecule has 4 amide bonds. The lowest BCUT2D eigenvalue weighted by atomic mass is 10.0. The van der Waals surface area contributed by atoms with Crippen LogP contribution in [0.3, 0.4) is 0 Å². The highest BCUT2D eigenvalue weighted by Crippen LogP contribution is 2.29. The number of hydrogen-bond acceptors (Lipinski definition) is 10. The Morgan fingerprint density at radius 3 is 1.51 bits per heavy atom. The third-order valence-electron chi connectivity index (χ3n) is 13.0. The van der Waals surface area contributed by atoms with Crippen LogP contribution in [0.25, 0.3) is 49.6 Å². The summed E-state index contributed by atoms with van der Waals surface area (Å²) in [4.78, 5) is 70.4. The van der Waals surface area contributed by atoms with Crippen molar-refractivity contribution in [1.82, 2.24) is 50.8 Å². The number of aromatic amines is 1. The van der Waals surface area contributed by atoms with Crippen LogP contribution in [-0.2, 0) is 22.4 Å². The lowest BCUT2D eigenvalue weighted by molar-refractivity contribution is -0.123. The van der Waals surface area contributed by atoms with Gasteiger partial charge in [0.2, 0.25) is 11.8 Å². The molecule has 86 heavy (non-hydrogen) atoms. The second-order valence-corrected chi connectivity index (χ2v) is 21.6. The summed E-state index contributed by atoms with van der Waals surface area (Å²) in [5, 5.41) is 13.8. The summed E-state index contributed by atoms with van der Waals surface area (Å²) in [6.45, 7) is 7.59. The number of fused-ring (bicyclic) bond motifs is 5. The fraction of sp³-hybridized carbons (Fsp3) is 0.194. The molecule has 0 aliphatic rings. The number of nitrogens with zero attached hydrogens (tertiary/aromatic N) is 5. The predicted octanol–water partition coefficient (Wildman–Crippen LogP) is 13.5. The molecule has 19 heteroatoms. The van der Waals surface area contributed by atoms with Crippen LogP contribution < -0.4 is 30.7 Å². The van der Waals surface area contributed by atoms with E-state index in [1.165, 1.54) is 13.1 Å². The molecule has 2 unspecified atom stereocenters. The lowest BCUT2D eigenvalue weighted by Crippen LogP contribution is -2.47. The first-order valence-electron chi connectivity index (χ1n) is 27.3. The van der Waals surface area contributed by atoms with Crippen molar-refractivity contribution in [3.8, 4) is 17.2 Å². The molecule has 7 aromatic carbocycles. The Bertz CT molecular complexity index is 3980. The predicted molar refractivity (Wildman–Crippen MR) is 348 cm³/mol. The Balaban J connectivity index is 0.000000181. The fourth-order valence-electron chi connectivity index (χ4n) is 8.84. The first-order valence-corrected chi connectivity index (χ1v) is 28.8. The zero-order chi connectivity index (χ0) is 60.4. The third-order valence-corrected chi connectivity index (χ3v) is 14.1. The van der Waals surface area contributed by atoms with Gasteiger partial charge in [0.25, 0.3) is 11.8 Å². The number of H-pyrrole nitrogens is 1. The molecule has 11 aromatic rings. The molecule has 442 valence electrons. The molecule has 5 N–H and O–H groups in total. The van der Waals surface area contributed by atoms with Crippen molar-refractivity contribution in [2.75, 3.05) is 14.1 Å². The maximum Gasteiger partial charge on any atom is 0.251 e. The van der Waals surface area contributed by atoms with Crippen molar-refractivity contribution in [2.45, 2.75) is 72.3 Å². The summed E-state index contributed by atoms with van der Waals surface area (Å²) in [5.74, 6) is -0.296. The lowest BCUT2D eigenvalue weighted by Gasteiger charge is -2.18. The number of para-hydroxylation sites is 4. The van der Waals surface area contributed by atoms with Crippen LogP contribution in [0.1, 0.15) is 67.0 Å². The Kier molecular flexibility index (Phi) is 23.3. The second-order valence-electron chi connectivity index (χ2n) is 19.8. The third kappa shape index (κ3) is 17.5. The molecule has 0 saturated heterocycles. The van der Waals surface area contributed by atoms with Crippen molar-refractivity contribution >= 4 is 107 Å². The van der Waals surface area contributed by atoms with E-state index in [2.05, 4.69) is 86.4 Å². The van der Waals surface area contributed by atoms with Crippen LogP contribution in [0, 0.1) is 0 Å². The molecule has 0 fully saturated rings. The van der Waals surface area contributed by atoms with E-state index in [1.54, 1.807) is 62.4 Å². The topological polar surface area (TPSA) is 207 Å². The average Bonchev–Trinajstić information content (AvgIpc) is 4.32. The van der Waals surface area contributed by atoms with E-state index in [0.29, 0.717) is 45.5 Å². The van der Waals surface area contributed by atoms with Crippen LogP contribution in [-0.4, -0.2) is 91.5 Å². The van der Waals surface area contributed by atoms with Crippen LogP contribution in [0.2, 0.25) is 10.0 Å². The number of nitrogens with one attached hydrogen (secondary N) is 5. The quantitative estimate of drug-likeness (QED) is 0.0614. The highest BCUT2D eigenvalue weighted by molar-refractivity contribution is 9.10. The van der Waals surface area contributed by atoms with Gasteiger partial charge in [0.15, 0.2) is 0 Å².